The number of hydrogen-bond acceptors (Lipinski definition) is 4. The number of benzene rings is 1. The first-order valence-corrected chi connectivity index (χ1v) is 5.22. The lowest BCUT2D eigenvalue weighted by Crippen LogP contribution is -2.26. The molecule has 0 unspecified atom stereocenters. The van der Waals surface area contributed by atoms with Crippen LogP contribution in [0.4, 0.5) is 10.5 Å². The molecule has 0 aliphatic heterocycles. The molecule has 0 saturated heterocycles. The van der Waals surface area contributed by atoms with E-state index in [1.807, 2.05) is 0 Å². The van der Waals surface area contributed by atoms with Gasteiger partial charge in [-0.15, -0.1) is 0 Å². The second kappa shape index (κ2) is 5.90. The van der Waals surface area contributed by atoms with Gasteiger partial charge in [0.25, 0.3) is 0 Å². The summed E-state index contributed by atoms with van der Waals surface area (Å²) in [5, 5.41) is 8.50. The second-order valence-electron chi connectivity index (χ2n) is 3.66. The molecule has 0 heterocycles. The highest BCUT2D eigenvalue weighted by molar-refractivity contribution is 5.88. The molecule has 18 heavy (non-hydrogen) atoms. The Morgan fingerprint density at radius 3 is 2.56 bits per heavy atom. The van der Waals surface area contributed by atoms with Crippen molar-refractivity contribution in [3.8, 4) is 5.75 Å². The van der Waals surface area contributed by atoms with Crippen LogP contribution in [0, 0.1) is 6.92 Å². The van der Waals surface area contributed by atoms with Gasteiger partial charge in [0.1, 0.15) is 5.75 Å². The van der Waals surface area contributed by atoms with Crippen molar-refractivity contribution in [2.45, 2.75) is 6.92 Å². The third-order valence-electron chi connectivity index (χ3n) is 2.34. The summed E-state index contributed by atoms with van der Waals surface area (Å²) >= 11 is 0. The summed E-state index contributed by atoms with van der Waals surface area (Å²) in [6.45, 7) is 1.40. The minimum atomic E-state index is -1.04. The third-order valence-corrected chi connectivity index (χ3v) is 2.34. The Balaban J connectivity index is 2.85. The Bertz CT molecular complexity index is 458. The topological polar surface area (TPSA) is 76.1 Å². The molecule has 6 heteroatoms. The summed E-state index contributed by atoms with van der Waals surface area (Å²) in [6.07, 6.45) is -0.475. The van der Waals surface area contributed by atoms with Crippen molar-refractivity contribution in [3.63, 3.8) is 0 Å². The quantitative estimate of drug-likeness (QED) is 0.883. The van der Waals surface area contributed by atoms with E-state index in [4.69, 9.17) is 9.84 Å². The summed E-state index contributed by atoms with van der Waals surface area (Å²) in [4.78, 5) is 23.1. The minimum Gasteiger partial charge on any atom is -0.482 e. The predicted molar refractivity (Wildman–Crippen MR) is 65.1 cm³/mol. The maximum atomic E-state index is 11.4. The fourth-order valence-corrected chi connectivity index (χ4v) is 1.47. The maximum absolute atomic E-state index is 11.4. The van der Waals surface area contributed by atoms with Crippen molar-refractivity contribution >= 4 is 17.7 Å². The van der Waals surface area contributed by atoms with Gasteiger partial charge in [0, 0.05) is 12.7 Å². The van der Waals surface area contributed by atoms with E-state index >= 15 is 0 Å². The SMILES string of the molecule is COC(=O)N(C)c1ccc(OCC(=O)O)cc1C. The van der Waals surface area contributed by atoms with Crippen molar-refractivity contribution in [2.24, 2.45) is 0 Å². The first-order valence-electron chi connectivity index (χ1n) is 5.22. The van der Waals surface area contributed by atoms with Crippen LogP contribution in [0.25, 0.3) is 0 Å². The summed E-state index contributed by atoms with van der Waals surface area (Å²) in [7, 11) is 2.89. The number of aryl methyl sites for hydroxylation is 1. The molecular formula is C12H15NO5. The summed E-state index contributed by atoms with van der Waals surface area (Å²) in [6, 6.07) is 4.94. The van der Waals surface area contributed by atoms with E-state index in [1.54, 1.807) is 32.2 Å². The normalized spacial score (nSPS) is 9.72. The molecule has 0 bridgehead atoms. The lowest BCUT2D eigenvalue weighted by molar-refractivity contribution is -0.139. The van der Waals surface area contributed by atoms with Gasteiger partial charge in [-0.25, -0.2) is 9.59 Å². The molecule has 0 aliphatic carbocycles. The number of hydrogen-bond donors (Lipinski definition) is 1. The molecule has 1 aromatic carbocycles. The third kappa shape index (κ3) is 3.38. The molecule has 1 aromatic rings. The van der Waals surface area contributed by atoms with Gasteiger partial charge in [-0.2, -0.15) is 0 Å². The van der Waals surface area contributed by atoms with Crippen LogP contribution in [-0.2, 0) is 9.53 Å². The van der Waals surface area contributed by atoms with E-state index in [0.717, 1.165) is 5.56 Å². The fraction of sp³-hybridized carbons (Fsp3) is 0.333. The molecule has 98 valence electrons. The first-order chi connectivity index (χ1) is 8.45. The minimum absolute atomic E-state index is 0.397. The Morgan fingerprint density at radius 1 is 1.39 bits per heavy atom. The van der Waals surface area contributed by atoms with Gasteiger partial charge >= 0.3 is 12.1 Å². The number of carbonyl (C=O) groups is 2. The number of amides is 1. The van der Waals surface area contributed by atoms with E-state index < -0.39 is 18.7 Å². The smallest absolute Gasteiger partial charge is 0.413 e. The van der Waals surface area contributed by atoms with Crippen LogP contribution in [0.5, 0.6) is 5.75 Å². The molecule has 0 fully saturated rings. The van der Waals surface area contributed by atoms with Gasteiger partial charge in [0.05, 0.1) is 7.11 Å². The van der Waals surface area contributed by atoms with E-state index in [1.165, 1.54) is 12.0 Å². The highest BCUT2D eigenvalue weighted by Gasteiger charge is 2.13. The Hall–Kier alpha value is -2.24. The molecule has 1 rings (SSSR count). The van der Waals surface area contributed by atoms with Gasteiger partial charge in [-0.3, -0.25) is 4.90 Å². The maximum Gasteiger partial charge on any atom is 0.413 e. The molecule has 0 saturated carbocycles. The van der Waals surface area contributed by atoms with Gasteiger partial charge in [0.2, 0.25) is 0 Å². The predicted octanol–water partition coefficient (Wildman–Crippen LogP) is 1.66. The van der Waals surface area contributed by atoms with Crippen molar-refractivity contribution in [1.29, 1.82) is 0 Å². The Kier molecular flexibility index (Phi) is 4.53. The van der Waals surface area contributed by atoms with E-state index in [2.05, 4.69) is 4.74 Å². The van der Waals surface area contributed by atoms with Crippen LogP contribution in [0.15, 0.2) is 18.2 Å². The number of methoxy groups -OCH3 is 1. The Labute approximate surface area is 105 Å². The van der Waals surface area contributed by atoms with E-state index in [9.17, 15) is 9.59 Å². The van der Waals surface area contributed by atoms with Gasteiger partial charge < -0.3 is 14.6 Å². The fourth-order valence-electron chi connectivity index (χ4n) is 1.47. The summed E-state index contributed by atoms with van der Waals surface area (Å²) < 4.78 is 9.64. The van der Waals surface area contributed by atoms with Crippen LogP contribution in [0.3, 0.4) is 0 Å². The van der Waals surface area contributed by atoms with E-state index in [0.29, 0.717) is 11.4 Å². The summed E-state index contributed by atoms with van der Waals surface area (Å²) in [5.74, 6) is -0.597. The highest BCUT2D eigenvalue weighted by Crippen LogP contribution is 2.24. The average molecular weight is 253 g/mol. The van der Waals surface area contributed by atoms with Crippen molar-refractivity contribution in [3.05, 3.63) is 23.8 Å². The van der Waals surface area contributed by atoms with Crippen LogP contribution >= 0.6 is 0 Å². The molecule has 6 nitrogen and oxygen atoms in total. The zero-order chi connectivity index (χ0) is 13.7. The molecule has 0 aliphatic rings. The monoisotopic (exact) mass is 253 g/mol. The molecule has 0 radical (unpaired) electrons. The molecule has 1 amide bonds. The van der Waals surface area contributed by atoms with Crippen LogP contribution in [0.2, 0.25) is 0 Å². The van der Waals surface area contributed by atoms with Crippen LogP contribution in [0.1, 0.15) is 5.56 Å². The zero-order valence-corrected chi connectivity index (χ0v) is 10.5. The number of ether oxygens (including phenoxy) is 2. The number of carboxylic acid groups (broad SMARTS) is 1. The number of aliphatic carboxylic acids is 1. The molecule has 0 aromatic heterocycles. The molecule has 0 atom stereocenters. The van der Waals surface area contributed by atoms with E-state index in [-0.39, 0.29) is 0 Å². The lowest BCUT2D eigenvalue weighted by Gasteiger charge is -2.18. The molecule has 1 N–H and O–H groups in total. The lowest BCUT2D eigenvalue weighted by atomic mass is 10.2. The van der Waals surface area contributed by atoms with Crippen molar-refractivity contribution in [2.75, 3.05) is 25.7 Å². The van der Waals surface area contributed by atoms with Crippen LogP contribution in [-0.4, -0.2) is 37.9 Å². The largest absolute Gasteiger partial charge is 0.482 e. The van der Waals surface area contributed by atoms with Crippen molar-refractivity contribution < 1.29 is 24.2 Å². The number of carbonyl (C=O) groups excluding carboxylic acids is 1. The number of carboxylic acids is 1. The second-order valence-corrected chi connectivity index (χ2v) is 3.66. The molecular weight excluding hydrogens is 238 g/mol. The van der Waals surface area contributed by atoms with Crippen molar-refractivity contribution in [1.82, 2.24) is 0 Å². The average Bonchev–Trinajstić information content (AvgIpc) is 2.34. The first kappa shape index (κ1) is 13.8. The number of anilines is 1. The zero-order valence-electron chi connectivity index (χ0n) is 10.5. The van der Waals surface area contributed by atoms with Crippen LogP contribution < -0.4 is 9.64 Å². The van der Waals surface area contributed by atoms with Gasteiger partial charge in [0.15, 0.2) is 6.61 Å². The number of nitrogens with zero attached hydrogens (tertiary/aromatic N) is 1. The van der Waals surface area contributed by atoms with Gasteiger partial charge in [-0.1, -0.05) is 0 Å². The Morgan fingerprint density at radius 2 is 2.06 bits per heavy atom. The number of rotatable bonds is 4. The summed E-state index contributed by atoms with van der Waals surface area (Å²) in [5.41, 5.74) is 1.45. The highest BCUT2D eigenvalue weighted by atomic mass is 16.5. The van der Waals surface area contributed by atoms with Gasteiger partial charge in [-0.05, 0) is 30.7 Å². The molecule has 0 spiro atoms. The standard InChI is InChI=1S/C12H15NO5/c1-8-6-9(18-7-11(14)15)4-5-10(8)13(2)12(16)17-3/h4-6H,7H2,1-3H3,(H,14,15).